The van der Waals surface area contributed by atoms with Gasteiger partial charge in [-0.2, -0.15) is 0 Å². The van der Waals surface area contributed by atoms with Crippen molar-refractivity contribution < 1.29 is 0 Å². The van der Waals surface area contributed by atoms with Gasteiger partial charge in [-0.3, -0.25) is 0 Å². The Hall–Kier alpha value is -0.300. The summed E-state index contributed by atoms with van der Waals surface area (Å²) in [7, 11) is 0. The molecule has 0 heterocycles. The number of rotatable bonds is 2. The van der Waals surface area contributed by atoms with E-state index in [2.05, 4.69) is 61.0 Å². The fourth-order valence-electron chi connectivity index (χ4n) is 2.87. The summed E-state index contributed by atoms with van der Waals surface area (Å²) in [5.41, 5.74) is 3.13. The molecule has 0 aromatic heterocycles. The van der Waals surface area contributed by atoms with Crippen LogP contribution in [0.5, 0.6) is 0 Å². The maximum atomic E-state index is 3.92. The van der Waals surface area contributed by atoms with Gasteiger partial charge in [-0.15, -0.1) is 0 Å². The van der Waals surface area contributed by atoms with E-state index in [1.807, 2.05) is 0 Å². The van der Waals surface area contributed by atoms with Gasteiger partial charge in [-0.25, -0.2) is 0 Å². The number of alkyl halides is 1. The number of hydrogen-bond donors (Lipinski definition) is 0. The summed E-state index contributed by atoms with van der Waals surface area (Å²) < 4.78 is 0. The fourth-order valence-corrected chi connectivity index (χ4v) is 3.70. The van der Waals surface area contributed by atoms with Gasteiger partial charge in [0.25, 0.3) is 0 Å². The zero-order valence-electron chi connectivity index (χ0n) is 11.9. The van der Waals surface area contributed by atoms with Crippen LogP contribution in [0.2, 0.25) is 0 Å². The molecule has 100 valence electrons. The van der Waals surface area contributed by atoms with Gasteiger partial charge in [0.15, 0.2) is 0 Å². The van der Waals surface area contributed by atoms with Gasteiger partial charge in [-0.05, 0) is 35.3 Å². The van der Waals surface area contributed by atoms with E-state index >= 15 is 0 Å². The minimum atomic E-state index is 0.255. The third kappa shape index (κ3) is 3.38. The minimum absolute atomic E-state index is 0.255. The van der Waals surface area contributed by atoms with Crippen LogP contribution in [-0.2, 0) is 5.41 Å². The van der Waals surface area contributed by atoms with Crippen molar-refractivity contribution in [3.8, 4) is 0 Å². The molecule has 18 heavy (non-hydrogen) atoms. The predicted molar refractivity (Wildman–Crippen MR) is 83.4 cm³/mol. The fraction of sp³-hybridized carbons (Fsp3) is 0.647. The molecule has 0 spiro atoms. The molecule has 1 aliphatic rings. The van der Waals surface area contributed by atoms with Crippen LogP contribution in [0.4, 0.5) is 0 Å². The molecule has 1 aromatic carbocycles. The normalized spacial score (nSPS) is 19.8. The molecule has 1 unspecified atom stereocenters. The molecule has 2 rings (SSSR count). The second-order valence-electron chi connectivity index (χ2n) is 6.67. The average Bonchev–Trinajstić information content (AvgIpc) is 2.38. The molecule has 1 saturated carbocycles. The van der Waals surface area contributed by atoms with Crippen LogP contribution in [-0.4, -0.2) is 0 Å². The lowest BCUT2D eigenvalue weighted by Gasteiger charge is -2.27. The van der Waals surface area contributed by atoms with E-state index < -0.39 is 0 Å². The highest BCUT2D eigenvalue weighted by Crippen LogP contribution is 2.40. The molecule has 0 radical (unpaired) electrons. The average molecular weight is 309 g/mol. The van der Waals surface area contributed by atoms with E-state index in [9.17, 15) is 0 Å². The monoisotopic (exact) mass is 308 g/mol. The third-order valence-corrected chi connectivity index (χ3v) is 5.44. The van der Waals surface area contributed by atoms with Gasteiger partial charge >= 0.3 is 0 Å². The van der Waals surface area contributed by atoms with Gasteiger partial charge in [-0.1, -0.05) is 80.2 Å². The minimum Gasteiger partial charge on any atom is -0.0836 e. The zero-order chi connectivity index (χ0) is 13.2. The lowest BCUT2D eigenvalue weighted by atomic mass is 9.83. The van der Waals surface area contributed by atoms with Crippen molar-refractivity contribution in [1.29, 1.82) is 0 Å². The largest absolute Gasteiger partial charge is 0.0836 e. The van der Waals surface area contributed by atoms with Crippen molar-refractivity contribution in [1.82, 2.24) is 0 Å². The van der Waals surface area contributed by atoms with Crippen molar-refractivity contribution in [2.24, 2.45) is 5.92 Å². The van der Waals surface area contributed by atoms with E-state index in [1.54, 1.807) is 0 Å². The molecule has 0 aliphatic heterocycles. The van der Waals surface area contributed by atoms with Gasteiger partial charge < -0.3 is 0 Å². The first-order valence-corrected chi connectivity index (χ1v) is 8.14. The summed E-state index contributed by atoms with van der Waals surface area (Å²) >= 11 is 3.92. The van der Waals surface area contributed by atoms with Gasteiger partial charge in [0.1, 0.15) is 0 Å². The first kappa shape index (κ1) is 14.1. The summed E-state index contributed by atoms with van der Waals surface area (Å²) in [5.74, 6) is 0.833. The Morgan fingerprint density at radius 2 is 1.56 bits per heavy atom. The molecule has 0 bridgehead atoms. The SMILES string of the molecule is CC(C)(C)c1ccc(C(Br)C2CCCCC2)cc1. The Balaban J connectivity index is 2.09. The topological polar surface area (TPSA) is 0 Å². The van der Waals surface area contributed by atoms with Gasteiger partial charge in [0.2, 0.25) is 0 Å². The Morgan fingerprint density at radius 3 is 2.06 bits per heavy atom. The quantitative estimate of drug-likeness (QED) is 0.588. The van der Waals surface area contributed by atoms with Crippen molar-refractivity contribution in [3.05, 3.63) is 35.4 Å². The van der Waals surface area contributed by atoms with Crippen molar-refractivity contribution >= 4 is 15.9 Å². The summed E-state index contributed by atoms with van der Waals surface area (Å²) in [5, 5.41) is 0. The van der Waals surface area contributed by atoms with Gasteiger partial charge in [0, 0.05) is 4.83 Å². The van der Waals surface area contributed by atoms with Crippen LogP contribution in [0.1, 0.15) is 68.8 Å². The molecule has 1 aliphatic carbocycles. The number of halogens is 1. The highest BCUT2D eigenvalue weighted by molar-refractivity contribution is 9.09. The maximum Gasteiger partial charge on any atom is 0.0423 e. The Kier molecular flexibility index (Phi) is 4.53. The Bertz CT molecular complexity index is 366. The van der Waals surface area contributed by atoms with E-state index in [4.69, 9.17) is 0 Å². The van der Waals surface area contributed by atoms with Crippen molar-refractivity contribution in [2.75, 3.05) is 0 Å². The summed E-state index contributed by atoms with van der Waals surface area (Å²) in [6.45, 7) is 6.82. The van der Waals surface area contributed by atoms with Crippen LogP contribution >= 0.6 is 15.9 Å². The van der Waals surface area contributed by atoms with Crippen LogP contribution in [0, 0.1) is 5.92 Å². The van der Waals surface area contributed by atoms with Crippen molar-refractivity contribution in [2.45, 2.75) is 63.1 Å². The second kappa shape index (κ2) is 5.77. The second-order valence-corrected chi connectivity index (χ2v) is 7.66. The van der Waals surface area contributed by atoms with Crippen LogP contribution in [0.15, 0.2) is 24.3 Å². The summed E-state index contributed by atoms with van der Waals surface area (Å²) in [6, 6.07) is 9.22. The van der Waals surface area contributed by atoms with E-state index in [1.165, 1.54) is 43.2 Å². The van der Waals surface area contributed by atoms with E-state index in [0.29, 0.717) is 4.83 Å². The lowest BCUT2D eigenvalue weighted by Crippen LogP contribution is -2.13. The number of benzene rings is 1. The standard InChI is InChI=1S/C17H25Br/c1-17(2,3)15-11-9-14(10-12-15)16(18)13-7-5-4-6-8-13/h9-13,16H,4-8H2,1-3H3. The van der Waals surface area contributed by atoms with E-state index in [0.717, 1.165) is 5.92 Å². The van der Waals surface area contributed by atoms with Crippen LogP contribution in [0.3, 0.4) is 0 Å². The molecule has 0 amide bonds. The number of hydrogen-bond acceptors (Lipinski definition) is 0. The molecule has 1 aromatic rings. The molecule has 0 saturated heterocycles. The first-order chi connectivity index (χ1) is 8.48. The lowest BCUT2D eigenvalue weighted by molar-refractivity contribution is 0.354. The molecule has 1 atom stereocenters. The smallest absolute Gasteiger partial charge is 0.0423 e. The highest BCUT2D eigenvalue weighted by Gasteiger charge is 2.23. The summed E-state index contributed by atoms with van der Waals surface area (Å²) in [4.78, 5) is 0.548. The Morgan fingerprint density at radius 1 is 1.00 bits per heavy atom. The molecular weight excluding hydrogens is 284 g/mol. The molecule has 1 fully saturated rings. The van der Waals surface area contributed by atoms with Crippen molar-refractivity contribution in [3.63, 3.8) is 0 Å². The molecule has 0 nitrogen and oxygen atoms in total. The Labute approximate surface area is 120 Å². The highest BCUT2D eigenvalue weighted by atomic mass is 79.9. The van der Waals surface area contributed by atoms with E-state index in [-0.39, 0.29) is 5.41 Å². The first-order valence-electron chi connectivity index (χ1n) is 7.23. The molecular formula is C17H25Br. The third-order valence-electron chi connectivity index (χ3n) is 4.16. The van der Waals surface area contributed by atoms with Crippen LogP contribution < -0.4 is 0 Å². The predicted octanol–water partition coefficient (Wildman–Crippen LogP) is 6.00. The zero-order valence-corrected chi connectivity index (χ0v) is 13.5. The van der Waals surface area contributed by atoms with Crippen LogP contribution in [0.25, 0.3) is 0 Å². The molecule has 0 N–H and O–H groups in total. The molecule has 1 heteroatoms. The van der Waals surface area contributed by atoms with Gasteiger partial charge in [0.05, 0.1) is 0 Å². The maximum absolute atomic E-state index is 3.92. The summed E-state index contributed by atoms with van der Waals surface area (Å²) in [6.07, 6.45) is 7.02.